The summed E-state index contributed by atoms with van der Waals surface area (Å²) < 4.78 is 19.9. The molecular weight excluding hydrogens is 408 g/mol. The van der Waals surface area contributed by atoms with Gasteiger partial charge in [-0.1, -0.05) is 17.7 Å². The van der Waals surface area contributed by atoms with Crippen LogP contribution in [0.4, 0.5) is 0 Å². The standard InChI is InChI=1S/C21H23ClN4O2S/c1-29(27)14-19-24-25-21(26(19)17-9-7-16(22)8-10-17)15-5-11-18(12-6-15)28-20-4-2-3-13-23-20/h2-4,7-10,13,15,18H,5-6,11-12,14H2,1H3/t15?,18?,29-/m1/s1. The monoisotopic (exact) mass is 430 g/mol. The minimum atomic E-state index is -1.00. The maximum Gasteiger partial charge on any atom is 0.213 e. The quantitative estimate of drug-likeness (QED) is 0.545. The maximum absolute atomic E-state index is 11.8. The van der Waals surface area contributed by atoms with E-state index >= 15 is 0 Å². The SMILES string of the molecule is C[S@@+]([O-])Cc1nnc(C2CCC(Oc3ccccn3)CC2)n1-c1ccc(Cl)cc1. The third kappa shape index (κ3) is 4.91. The second-order valence-corrected chi connectivity index (χ2v) is 9.13. The molecule has 1 aromatic carbocycles. The molecule has 1 fully saturated rings. The minimum Gasteiger partial charge on any atom is -0.616 e. The van der Waals surface area contributed by atoms with Crippen LogP contribution in [0.1, 0.15) is 43.3 Å². The zero-order valence-electron chi connectivity index (χ0n) is 16.2. The first-order chi connectivity index (χ1) is 14.1. The molecule has 0 radical (unpaired) electrons. The average molecular weight is 431 g/mol. The Labute approximate surface area is 178 Å². The topological polar surface area (TPSA) is 75.9 Å². The lowest BCUT2D eigenvalue weighted by molar-refractivity contribution is 0.139. The predicted octanol–water partition coefficient (Wildman–Crippen LogP) is 4.30. The Bertz CT molecular complexity index is 926. The van der Waals surface area contributed by atoms with Crippen LogP contribution in [-0.4, -0.2) is 36.7 Å². The molecule has 1 aliphatic carbocycles. The van der Waals surface area contributed by atoms with Crippen LogP contribution in [0.2, 0.25) is 5.02 Å². The highest BCUT2D eigenvalue weighted by atomic mass is 35.5. The summed E-state index contributed by atoms with van der Waals surface area (Å²) >= 11 is 5.06. The van der Waals surface area contributed by atoms with Crippen molar-refractivity contribution in [3.63, 3.8) is 0 Å². The first-order valence-corrected chi connectivity index (χ1v) is 11.8. The summed E-state index contributed by atoms with van der Waals surface area (Å²) in [5.41, 5.74) is 0.946. The molecule has 1 aliphatic rings. The second kappa shape index (κ2) is 9.15. The summed E-state index contributed by atoms with van der Waals surface area (Å²) in [6, 6.07) is 13.3. The van der Waals surface area contributed by atoms with Gasteiger partial charge in [0, 0.05) is 28.9 Å². The van der Waals surface area contributed by atoms with Gasteiger partial charge in [0.2, 0.25) is 5.88 Å². The largest absolute Gasteiger partial charge is 0.616 e. The van der Waals surface area contributed by atoms with Crippen molar-refractivity contribution in [2.75, 3.05) is 6.26 Å². The lowest BCUT2D eigenvalue weighted by Crippen LogP contribution is -2.25. The molecule has 0 spiro atoms. The van der Waals surface area contributed by atoms with Crippen LogP contribution in [-0.2, 0) is 16.9 Å². The van der Waals surface area contributed by atoms with Crippen molar-refractivity contribution in [2.45, 2.75) is 43.5 Å². The van der Waals surface area contributed by atoms with Crippen molar-refractivity contribution in [1.82, 2.24) is 19.7 Å². The van der Waals surface area contributed by atoms with Crippen LogP contribution in [0, 0.1) is 0 Å². The first-order valence-electron chi connectivity index (χ1n) is 9.68. The zero-order chi connectivity index (χ0) is 20.2. The van der Waals surface area contributed by atoms with Crippen LogP contribution >= 0.6 is 11.6 Å². The molecule has 6 nitrogen and oxygen atoms in total. The summed E-state index contributed by atoms with van der Waals surface area (Å²) in [6.07, 6.45) is 7.37. The summed E-state index contributed by atoms with van der Waals surface area (Å²) in [4.78, 5) is 4.25. The van der Waals surface area contributed by atoms with Crippen molar-refractivity contribution in [1.29, 1.82) is 0 Å². The smallest absolute Gasteiger partial charge is 0.213 e. The van der Waals surface area contributed by atoms with Crippen molar-refractivity contribution in [3.05, 3.63) is 65.3 Å². The molecule has 2 heterocycles. The molecule has 0 N–H and O–H groups in total. The number of rotatable bonds is 6. The highest BCUT2D eigenvalue weighted by Gasteiger charge is 2.29. The number of halogens is 1. The predicted molar refractivity (Wildman–Crippen MR) is 114 cm³/mol. The van der Waals surface area contributed by atoms with Crippen LogP contribution in [0.15, 0.2) is 48.7 Å². The Morgan fingerprint density at radius 1 is 1.10 bits per heavy atom. The maximum atomic E-state index is 11.8. The molecule has 0 amide bonds. The van der Waals surface area contributed by atoms with E-state index in [2.05, 4.69) is 15.2 Å². The number of nitrogens with zero attached hydrogens (tertiary/aromatic N) is 4. The Hall–Kier alpha value is -2.09. The highest BCUT2D eigenvalue weighted by Crippen LogP contribution is 2.35. The summed E-state index contributed by atoms with van der Waals surface area (Å²) in [5.74, 6) is 2.96. The van der Waals surface area contributed by atoms with Crippen molar-refractivity contribution >= 4 is 22.8 Å². The Morgan fingerprint density at radius 3 is 2.52 bits per heavy atom. The Balaban J connectivity index is 1.52. The van der Waals surface area contributed by atoms with Gasteiger partial charge in [-0.05, 0) is 67.2 Å². The third-order valence-corrected chi connectivity index (χ3v) is 6.05. The molecule has 4 rings (SSSR count). The van der Waals surface area contributed by atoms with Gasteiger partial charge in [-0.25, -0.2) is 4.98 Å². The van der Waals surface area contributed by atoms with Crippen molar-refractivity contribution < 1.29 is 9.29 Å². The molecule has 152 valence electrons. The molecule has 29 heavy (non-hydrogen) atoms. The van der Waals surface area contributed by atoms with Crippen LogP contribution in [0.5, 0.6) is 5.88 Å². The van der Waals surface area contributed by atoms with E-state index in [0.717, 1.165) is 43.0 Å². The second-order valence-electron chi connectivity index (χ2n) is 7.26. The number of ether oxygens (including phenoxy) is 1. The van der Waals surface area contributed by atoms with Gasteiger partial charge in [0.1, 0.15) is 11.9 Å². The summed E-state index contributed by atoms with van der Waals surface area (Å²) in [6.45, 7) is 0. The van der Waals surface area contributed by atoms with E-state index in [4.69, 9.17) is 16.3 Å². The minimum absolute atomic E-state index is 0.163. The van der Waals surface area contributed by atoms with Crippen molar-refractivity contribution in [2.24, 2.45) is 0 Å². The fraction of sp³-hybridized carbons (Fsp3) is 0.381. The van der Waals surface area contributed by atoms with Crippen LogP contribution in [0.3, 0.4) is 0 Å². The van der Waals surface area contributed by atoms with Gasteiger partial charge >= 0.3 is 0 Å². The van der Waals surface area contributed by atoms with Gasteiger partial charge in [0.15, 0.2) is 11.6 Å². The van der Waals surface area contributed by atoms with E-state index in [1.54, 1.807) is 12.5 Å². The molecule has 0 unspecified atom stereocenters. The van der Waals surface area contributed by atoms with Gasteiger partial charge < -0.3 is 9.29 Å². The summed E-state index contributed by atoms with van der Waals surface area (Å²) in [7, 11) is 0. The molecule has 2 aromatic heterocycles. The number of benzene rings is 1. The third-order valence-electron chi connectivity index (χ3n) is 5.14. The lowest BCUT2D eigenvalue weighted by atomic mass is 9.86. The average Bonchev–Trinajstić information content (AvgIpc) is 3.13. The molecule has 1 saturated carbocycles. The normalized spacial score (nSPS) is 20.4. The molecule has 3 aromatic rings. The van der Waals surface area contributed by atoms with Gasteiger partial charge in [0.05, 0.1) is 6.26 Å². The number of hydrogen-bond donors (Lipinski definition) is 0. The van der Waals surface area contributed by atoms with E-state index in [1.807, 2.05) is 47.0 Å². The fourth-order valence-corrected chi connectivity index (χ4v) is 4.44. The Morgan fingerprint density at radius 2 is 1.86 bits per heavy atom. The van der Waals surface area contributed by atoms with Gasteiger partial charge in [-0.2, -0.15) is 0 Å². The lowest BCUT2D eigenvalue weighted by Gasteiger charge is -2.28. The highest BCUT2D eigenvalue weighted by molar-refractivity contribution is 7.89. The summed E-state index contributed by atoms with van der Waals surface area (Å²) in [5, 5.41) is 9.53. The fourth-order valence-electron chi connectivity index (χ4n) is 3.77. The number of pyridine rings is 1. The van der Waals surface area contributed by atoms with Gasteiger partial charge in [-0.3, -0.25) is 4.57 Å². The van der Waals surface area contributed by atoms with E-state index in [9.17, 15) is 4.55 Å². The first kappa shape index (κ1) is 20.2. The molecule has 0 saturated heterocycles. The molecular formula is C21H23ClN4O2S. The van der Waals surface area contributed by atoms with Crippen LogP contribution in [0.25, 0.3) is 5.69 Å². The van der Waals surface area contributed by atoms with Gasteiger partial charge in [0.25, 0.3) is 0 Å². The molecule has 1 atom stereocenters. The zero-order valence-corrected chi connectivity index (χ0v) is 17.8. The van der Waals surface area contributed by atoms with E-state index in [0.29, 0.717) is 16.7 Å². The molecule has 0 aliphatic heterocycles. The van der Waals surface area contributed by atoms with Crippen molar-refractivity contribution in [3.8, 4) is 11.6 Å². The molecule has 0 bridgehead atoms. The van der Waals surface area contributed by atoms with Gasteiger partial charge in [-0.15, -0.1) is 10.2 Å². The van der Waals surface area contributed by atoms with E-state index < -0.39 is 11.2 Å². The molecule has 8 heteroatoms. The number of hydrogen-bond acceptors (Lipinski definition) is 5. The van der Waals surface area contributed by atoms with Crippen LogP contribution < -0.4 is 4.74 Å². The van der Waals surface area contributed by atoms with E-state index in [1.165, 1.54) is 0 Å². The number of aromatic nitrogens is 4. The van der Waals surface area contributed by atoms with E-state index in [-0.39, 0.29) is 12.0 Å². The Kier molecular flexibility index (Phi) is 6.37.